The molecular weight excluding hydrogens is 298 g/mol. The second kappa shape index (κ2) is 6.13. The summed E-state index contributed by atoms with van der Waals surface area (Å²) in [6.07, 6.45) is 0.244. The van der Waals surface area contributed by atoms with Crippen molar-refractivity contribution in [1.82, 2.24) is 0 Å². The van der Waals surface area contributed by atoms with Gasteiger partial charge in [-0.05, 0) is 24.6 Å². The zero-order valence-corrected chi connectivity index (χ0v) is 12.1. The number of rotatable bonds is 5. The number of alkyl halides is 1. The molecule has 0 bridgehead atoms. The first-order valence-corrected chi connectivity index (χ1v) is 6.94. The fourth-order valence-corrected chi connectivity index (χ4v) is 2.39. The van der Waals surface area contributed by atoms with Gasteiger partial charge in [-0.2, -0.15) is 0 Å². The summed E-state index contributed by atoms with van der Waals surface area (Å²) in [5, 5.41) is 9.27. The average molecular weight is 312 g/mol. The Hall–Kier alpha value is -2.08. The Morgan fingerprint density at radius 3 is 2.76 bits per heavy atom. The molecule has 0 aromatic heterocycles. The van der Waals surface area contributed by atoms with Crippen molar-refractivity contribution in [1.29, 1.82) is 0 Å². The molecule has 7 heteroatoms. The number of amides is 1. The van der Waals surface area contributed by atoms with E-state index in [1.807, 2.05) is 0 Å². The number of carboxylic acids is 1. The van der Waals surface area contributed by atoms with Crippen LogP contribution < -0.4 is 9.64 Å². The van der Waals surface area contributed by atoms with Crippen LogP contribution in [0.4, 0.5) is 5.69 Å². The number of benzene rings is 1. The molecule has 1 atom stereocenters. The number of halogens is 1. The molecule has 0 spiro atoms. The number of Topliss-reactive ketones (excluding diaryl/α,β-unsaturated/α-hetero) is 1. The van der Waals surface area contributed by atoms with Crippen molar-refractivity contribution < 1.29 is 24.2 Å². The number of hydrogen-bond donors (Lipinski definition) is 1. The first-order chi connectivity index (χ1) is 9.99. The molecule has 112 valence electrons. The van der Waals surface area contributed by atoms with Crippen LogP contribution in [0.15, 0.2) is 18.2 Å². The standard InChI is InChI=1S/C14H14ClNO5/c1-2-9(14(19)20)16-10-5-8(11(17)6-15)3-4-12(10)21-7-13(16)18/h3-5,9H,2,6-7H2,1H3,(H,19,20). The Bertz CT molecular complexity index is 601. The van der Waals surface area contributed by atoms with Crippen LogP contribution in [0.2, 0.25) is 0 Å². The highest BCUT2D eigenvalue weighted by molar-refractivity contribution is 6.30. The van der Waals surface area contributed by atoms with Crippen LogP contribution in [0.5, 0.6) is 5.75 Å². The summed E-state index contributed by atoms with van der Waals surface area (Å²) in [6, 6.07) is 3.53. The molecule has 1 unspecified atom stereocenters. The predicted molar refractivity (Wildman–Crippen MR) is 76.2 cm³/mol. The smallest absolute Gasteiger partial charge is 0.326 e. The summed E-state index contributed by atoms with van der Waals surface area (Å²) in [6.45, 7) is 1.45. The van der Waals surface area contributed by atoms with E-state index >= 15 is 0 Å². The van der Waals surface area contributed by atoms with E-state index in [4.69, 9.17) is 16.3 Å². The Morgan fingerprint density at radius 2 is 2.19 bits per heavy atom. The van der Waals surface area contributed by atoms with Gasteiger partial charge in [0.15, 0.2) is 12.4 Å². The summed E-state index contributed by atoms with van der Waals surface area (Å²) in [5.41, 5.74) is 0.601. The second-order valence-corrected chi connectivity index (χ2v) is 4.82. The summed E-state index contributed by atoms with van der Waals surface area (Å²) in [5.74, 6) is -1.68. The summed E-state index contributed by atoms with van der Waals surface area (Å²) in [7, 11) is 0. The Balaban J connectivity index is 2.52. The molecule has 1 aromatic carbocycles. The van der Waals surface area contributed by atoms with E-state index in [-0.39, 0.29) is 30.4 Å². The van der Waals surface area contributed by atoms with E-state index in [2.05, 4.69) is 0 Å². The number of fused-ring (bicyclic) bond motifs is 1. The quantitative estimate of drug-likeness (QED) is 0.661. The van der Waals surface area contributed by atoms with Crippen molar-refractivity contribution in [3.05, 3.63) is 23.8 Å². The summed E-state index contributed by atoms with van der Waals surface area (Å²) in [4.78, 5) is 36.2. The number of carboxylic acid groups (broad SMARTS) is 1. The largest absolute Gasteiger partial charge is 0.482 e. The molecule has 21 heavy (non-hydrogen) atoms. The lowest BCUT2D eigenvalue weighted by Gasteiger charge is -2.33. The zero-order chi connectivity index (χ0) is 15.6. The third-order valence-corrected chi connectivity index (χ3v) is 3.51. The molecule has 1 aromatic rings. The van der Waals surface area contributed by atoms with E-state index in [0.717, 1.165) is 0 Å². The van der Waals surface area contributed by atoms with Gasteiger partial charge in [0, 0.05) is 5.56 Å². The van der Waals surface area contributed by atoms with Gasteiger partial charge >= 0.3 is 5.97 Å². The van der Waals surface area contributed by atoms with Gasteiger partial charge in [0.2, 0.25) is 0 Å². The number of nitrogens with zero attached hydrogens (tertiary/aromatic N) is 1. The van der Waals surface area contributed by atoms with E-state index in [1.54, 1.807) is 19.1 Å². The van der Waals surface area contributed by atoms with Crippen LogP contribution in [-0.4, -0.2) is 41.3 Å². The maximum atomic E-state index is 12.0. The Kier molecular flexibility index (Phi) is 4.47. The lowest BCUT2D eigenvalue weighted by Crippen LogP contribution is -2.49. The van der Waals surface area contributed by atoms with Crippen molar-refractivity contribution in [3.8, 4) is 5.75 Å². The third kappa shape index (κ3) is 2.85. The minimum Gasteiger partial charge on any atom is -0.482 e. The topological polar surface area (TPSA) is 83.9 Å². The average Bonchev–Trinajstić information content (AvgIpc) is 2.48. The molecule has 0 saturated carbocycles. The highest BCUT2D eigenvalue weighted by Crippen LogP contribution is 2.35. The first kappa shape index (κ1) is 15.3. The summed E-state index contributed by atoms with van der Waals surface area (Å²) < 4.78 is 5.28. The molecule has 0 radical (unpaired) electrons. The van der Waals surface area contributed by atoms with Crippen LogP contribution in [0.1, 0.15) is 23.7 Å². The fourth-order valence-electron chi connectivity index (χ4n) is 2.23. The van der Waals surface area contributed by atoms with Crippen molar-refractivity contribution in [2.45, 2.75) is 19.4 Å². The zero-order valence-electron chi connectivity index (χ0n) is 11.3. The summed E-state index contributed by atoms with van der Waals surface area (Å²) >= 11 is 5.52. The molecule has 1 amide bonds. The molecule has 0 saturated heterocycles. The highest BCUT2D eigenvalue weighted by atomic mass is 35.5. The maximum Gasteiger partial charge on any atom is 0.326 e. The molecule has 1 aliphatic heterocycles. The minimum atomic E-state index is -1.10. The van der Waals surface area contributed by atoms with Gasteiger partial charge in [0.25, 0.3) is 5.91 Å². The molecule has 0 fully saturated rings. The maximum absolute atomic E-state index is 12.0. The normalized spacial score (nSPS) is 15.1. The number of ether oxygens (including phenoxy) is 1. The lowest BCUT2D eigenvalue weighted by atomic mass is 10.1. The van der Waals surface area contributed by atoms with Crippen molar-refractivity contribution in [2.24, 2.45) is 0 Å². The van der Waals surface area contributed by atoms with E-state index in [1.165, 1.54) is 11.0 Å². The minimum absolute atomic E-state index is 0.191. The van der Waals surface area contributed by atoms with Crippen molar-refractivity contribution in [2.75, 3.05) is 17.4 Å². The predicted octanol–water partition coefficient (Wildman–Crippen LogP) is 1.70. The van der Waals surface area contributed by atoms with Crippen LogP contribution in [0.25, 0.3) is 0 Å². The SMILES string of the molecule is CCC(C(=O)O)N1C(=O)COc2ccc(C(=O)CCl)cc21. The van der Waals surface area contributed by atoms with Crippen LogP contribution in [0, 0.1) is 0 Å². The van der Waals surface area contributed by atoms with Gasteiger partial charge in [0.05, 0.1) is 11.6 Å². The Labute approximate surface area is 126 Å². The molecule has 0 aliphatic carbocycles. The van der Waals surface area contributed by atoms with Crippen LogP contribution in [0.3, 0.4) is 0 Å². The first-order valence-electron chi connectivity index (χ1n) is 6.40. The highest BCUT2D eigenvalue weighted by Gasteiger charge is 2.35. The number of carbonyl (C=O) groups is 3. The molecular formula is C14H14ClNO5. The van der Waals surface area contributed by atoms with E-state index in [9.17, 15) is 19.5 Å². The van der Waals surface area contributed by atoms with Crippen molar-refractivity contribution >= 4 is 34.9 Å². The van der Waals surface area contributed by atoms with Crippen LogP contribution in [-0.2, 0) is 9.59 Å². The van der Waals surface area contributed by atoms with E-state index in [0.29, 0.717) is 11.3 Å². The molecule has 1 aliphatic rings. The monoisotopic (exact) mass is 311 g/mol. The molecule has 6 nitrogen and oxygen atoms in total. The number of hydrogen-bond acceptors (Lipinski definition) is 4. The van der Waals surface area contributed by atoms with Crippen LogP contribution >= 0.6 is 11.6 Å². The van der Waals surface area contributed by atoms with Gasteiger partial charge in [0.1, 0.15) is 11.8 Å². The van der Waals surface area contributed by atoms with Gasteiger partial charge in [-0.3, -0.25) is 14.5 Å². The number of anilines is 1. The van der Waals surface area contributed by atoms with E-state index < -0.39 is 17.9 Å². The van der Waals surface area contributed by atoms with Gasteiger partial charge in [-0.15, -0.1) is 11.6 Å². The molecule has 1 heterocycles. The lowest BCUT2D eigenvalue weighted by molar-refractivity contribution is -0.140. The number of carbonyl (C=O) groups excluding carboxylic acids is 2. The Morgan fingerprint density at radius 1 is 1.48 bits per heavy atom. The number of ketones is 1. The van der Waals surface area contributed by atoms with Gasteiger partial charge in [-0.1, -0.05) is 6.92 Å². The van der Waals surface area contributed by atoms with Gasteiger partial charge in [-0.25, -0.2) is 4.79 Å². The van der Waals surface area contributed by atoms with Crippen molar-refractivity contribution in [3.63, 3.8) is 0 Å². The molecule has 1 N–H and O–H groups in total. The third-order valence-electron chi connectivity index (χ3n) is 3.27. The van der Waals surface area contributed by atoms with Gasteiger partial charge < -0.3 is 9.84 Å². The molecule has 2 rings (SSSR count). The second-order valence-electron chi connectivity index (χ2n) is 4.55. The number of aliphatic carboxylic acids is 1. The fraction of sp³-hybridized carbons (Fsp3) is 0.357.